The fraction of sp³-hybridized carbons (Fsp3) is 0.118. The van der Waals surface area contributed by atoms with Crippen LogP contribution in [-0.2, 0) is 39.1 Å². The summed E-state index contributed by atoms with van der Waals surface area (Å²) in [6.07, 6.45) is -2.95. The summed E-state index contributed by atoms with van der Waals surface area (Å²) in [5.74, 6) is -6.56. The van der Waals surface area contributed by atoms with Crippen LogP contribution in [0.1, 0.15) is 72.1 Å². The highest BCUT2D eigenvalue weighted by Crippen LogP contribution is 2.43. The summed E-state index contributed by atoms with van der Waals surface area (Å²) >= 11 is 1.12. The number of esters is 4. The van der Waals surface area contributed by atoms with Crippen molar-refractivity contribution in [2.24, 2.45) is 5.16 Å². The summed E-state index contributed by atoms with van der Waals surface area (Å²) in [4.78, 5) is 75.2. The van der Waals surface area contributed by atoms with Gasteiger partial charge in [0, 0.05) is 31.7 Å². The van der Waals surface area contributed by atoms with Gasteiger partial charge in [0.25, 0.3) is 0 Å². The number of anilines is 1. The Morgan fingerprint density at radius 1 is 0.606 bits per heavy atom. The Balaban J connectivity index is 1.33. The Kier molecular flexibility index (Phi) is 14.4. The number of carbonyl (C=O) groups is 5. The summed E-state index contributed by atoms with van der Waals surface area (Å²) in [6.45, 7) is 3.23. The lowest BCUT2D eigenvalue weighted by Gasteiger charge is -2.36. The van der Waals surface area contributed by atoms with Gasteiger partial charge in [-0.15, -0.1) is 11.3 Å². The van der Waals surface area contributed by atoms with Crippen LogP contribution in [0.5, 0.6) is 17.2 Å². The number of ether oxygens (including phenoxy) is 4. The molecule has 332 valence electrons. The average Bonchev–Trinajstić information content (AvgIpc) is 3.78. The second-order valence-corrected chi connectivity index (χ2v) is 15.4. The number of carboxylic acids is 1. The first kappa shape index (κ1) is 45.6. The number of carboxylic acid groups (broad SMARTS) is 1. The van der Waals surface area contributed by atoms with Gasteiger partial charge in [-0.2, -0.15) is 0 Å². The van der Waals surface area contributed by atoms with Gasteiger partial charge >= 0.3 is 29.8 Å². The summed E-state index contributed by atoms with van der Waals surface area (Å²) < 4.78 is 22.2. The van der Waals surface area contributed by atoms with E-state index in [-0.39, 0.29) is 11.3 Å². The highest BCUT2D eigenvalue weighted by Gasteiger charge is 2.38. The molecule has 6 aromatic carbocycles. The van der Waals surface area contributed by atoms with Crippen LogP contribution in [-0.4, -0.2) is 45.6 Å². The van der Waals surface area contributed by atoms with Gasteiger partial charge in [0.1, 0.15) is 11.2 Å². The van der Waals surface area contributed by atoms with Gasteiger partial charge in [-0.25, -0.2) is 14.6 Å². The molecule has 1 aromatic heterocycles. The molecule has 1 heterocycles. The number of nitrogens with one attached hydrogen (secondary N) is 1. The first-order chi connectivity index (χ1) is 31.9. The molecule has 0 fully saturated rings. The summed E-state index contributed by atoms with van der Waals surface area (Å²) in [7, 11) is 0. The monoisotopic (exact) mass is 903 g/mol. The zero-order chi connectivity index (χ0) is 46.6. The van der Waals surface area contributed by atoms with Crippen molar-refractivity contribution >= 4 is 52.0 Å². The molecule has 0 aliphatic rings. The van der Waals surface area contributed by atoms with Gasteiger partial charge in [-0.1, -0.05) is 157 Å². The number of nitrogens with zero attached hydrogens (tertiary/aromatic N) is 2. The third-order valence-corrected chi connectivity index (χ3v) is 10.6. The molecular formula is C51H41N3O11S. The van der Waals surface area contributed by atoms with Crippen molar-refractivity contribution in [3.05, 3.63) is 208 Å². The Hall–Kier alpha value is -8.43. The molecule has 66 heavy (non-hydrogen) atoms. The highest BCUT2D eigenvalue weighted by molar-refractivity contribution is 7.14. The molecule has 0 bridgehead atoms. The van der Waals surface area contributed by atoms with Crippen molar-refractivity contribution in [2.75, 3.05) is 5.32 Å². The largest absolute Gasteiger partial charge is 0.476 e. The fourth-order valence-corrected chi connectivity index (χ4v) is 7.89. The lowest BCUT2D eigenvalue weighted by Crippen LogP contribution is -2.38. The predicted octanol–water partition coefficient (Wildman–Crippen LogP) is 9.20. The summed E-state index contributed by atoms with van der Waals surface area (Å²) in [6, 6.07) is 49.1. The Bertz CT molecular complexity index is 2680. The van der Waals surface area contributed by atoms with Crippen molar-refractivity contribution in [1.29, 1.82) is 0 Å². The number of hydrogen-bond acceptors (Lipinski definition) is 14. The number of aliphatic carboxylic acids is 1. The van der Waals surface area contributed by atoms with E-state index in [9.17, 15) is 29.1 Å². The van der Waals surface area contributed by atoms with E-state index < -0.39 is 70.6 Å². The molecule has 15 heteroatoms. The minimum absolute atomic E-state index is 0.122. The molecule has 1 unspecified atom stereocenters. The molecule has 7 aromatic rings. The molecule has 7 rings (SSSR count). The molecular weight excluding hydrogens is 863 g/mol. The first-order valence-corrected chi connectivity index (χ1v) is 21.2. The zero-order valence-electron chi connectivity index (χ0n) is 35.7. The molecule has 0 aliphatic heterocycles. The van der Waals surface area contributed by atoms with Crippen LogP contribution in [0.3, 0.4) is 0 Å². The average molecular weight is 904 g/mol. The third-order valence-electron chi connectivity index (χ3n) is 9.87. The van der Waals surface area contributed by atoms with Gasteiger partial charge in [0.15, 0.2) is 22.7 Å². The molecule has 0 aliphatic carbocycles. The van der Waals surface area contributed by atoms with Crippen LogP contribution in [0.25, 0.3) is 0 Å². The van der Waals surface area contributed by atoms with Crippen LogP contribution < -0.4 is 19.5 Å². The normalized spacial score (nSPS) is 11.8. The highest BCUT2D eigenvalue weighted by atomic mass is 32.1. The number of hydrogen-bond donors (Lipinski definition) is 2. The molecule has 1 atom stereocenters. The SMILES string of the molecule is CC(=O)Oc1cc(C(O/N=C(\C(=O)O)c2csc(NC(c3ccccc3)(c3ccccc3)c3ccccc3)n2)C(=O)OC(c2ccccc2)c2ccccc2)cc(OC(C)=O)c1OC(C)=O. The number of thiazole rings is 1. The lowest BCUT2D eigenvalue weighted by molar-refractivity contribution is -0.162. The maximum atomic E-state index is 14.6. The first-order valence-electron chi connectivity index (χ1n) is 20.3. The Morgan fingerprint density at radius 2 is 1.03 bits per heavy atom. The van der Waals surface area contributed by atoms with Crippen molar-refractivity contribution in [1.82, 2.24) is 4.98 Å². The summed E-state index contributed by atoms with van der Waals surface area (Å²) in [5, 5.41) is 20.0. The summed E-state index contributed by atoms with van der Waals surface area (Å²) in [5.41, 5.74) is 1.77. The number of aromatic nitrogens is 1. The maximum absolute atomic E-state index is 14.6. The number of oxime groups is 1. The van der Waals surface area contributed by atoms with E-state index in [1.54, 1.807) is 60.7 Å². The molecule has 0 amide bonds. The molecule has 0 saturated carbocycles. The number of carbonyl (C=O) groups excluding carboxylic acids is 4. The standard InChI is InChI=1S/C51H41N3O11S/c1-32(55)61-42-29-37(30-43(62-33(2)56)47(42)63-34(3)57)46(49(60)64-45(35-19-9-4-10-20-35)36-21-11-5-12-22-36)65-54-44(48(58)59)41-31-66-50(52-41)53-51(38-23-13-6-14-24-38,39-25-15-7-16-26-39)40-27-17-8-18-28-40/h4-31,45-46H,1-3H3,(H,52,53)(H,58,59)/b54-44-. The smallest absolute Gasteiger partial charge is 0.360 e. The fourth-order valence-electron chi connectivity index (χ4n) is 7.14. The lowest BCUT2D eigenvalue weighted by atomic mass is 9.77. The van der Waals surface area contributed by atoms with Crippen LogP contribution in [0, 0.1) is 0 Å². The predicted molar refractivity (Wildman–Crippen MR) is 244 cm³/mol. The number of rotatable bonds is 17. The van der Waals surface area contributed by atoms with Crippen molar-refractivity contribution in [3.63, 3.8) is 0 Å². The van der Waals surface area contributed by atoms with Crippen molar-refractivity contribution in [3.8, 4) is 17.2 Å². The second-order valence-electron chi connectivity index (χ2n) is 14.5. The maximum Gasteiger partial charge on any atom is 0.360 e. The second kappa shape index (κ2) is 20.8. The van der Waals surface area contributed by atoms with E-state index >= 15 is 0 Å². The van der Waals surface area contributed by atoms with Gasteiger partial charge in [-0.3, -0.25) is 14.4 Å². The van der Waals surface area contributed by atoms with Crippen LogP contribution >= 0.6 is 11.3 Å². The van der Waals surface area contributed by atoms with Gasteiger partial charge < -0.3 is 34.2 Å². The molecule has 0 saturated heterocycles. The minimum atomic E-state index is -1.94. The molecule has 14 nitrogen and oxygen atoms in total. The van der Waals surface area contributed by atoms with Gasteiger partial charge in [-0.05, 0) is 39.9 Å². The Labute approximate surface area is 383 Å². The van der Waals surface area contributed by atoms with E-state index in [0.717, 1.165) is 60.9 Å². The minimum Gasteiger partial charge on any atom is -0.476 e. The van der Waals surface area contributed by atoms with E-state index in [1.807, 2.05) is 91.0 Å². The van der Waals surface area contributed by atoms with Crippen molar-refractivity contribution < 1.29 is 52.9 Å². The van der Waals surface area contributed by atoms with Gasteiger partial charge in [0.2, 0.25) is 17.6 Å². The van der Waals surface area contributed by atoms with Crippen LogP contribution in [0.2, 0.25) is 0 Å². The van der Waals surface area contributed by atoms with Crippen LogP contribution in [0.15, 0.2) is 174 Å². The quantitative estimate of drug-likeness (QED) is 0.0290. The third kappa shape index (κ3) is 10.7. The number of benzene rings is 6. The van der Waals surface area contributed by atoms with E-state index in [1.165, 1.54) is 5.38 Å². The van der Waals surface area contributed by atoms with Crippen molar-refractivity contribution in [2.45, 2.75) is 38.5 Å². The zero-order valence-corrected chi connectivity index (χ0v) is 36.5. The molecule has 2 N–H and O–H groups in total. The van der Waals surface area contributed by atoms with Crippen LogP contribution in [0.4, 0.5) is 5.13 Å². The van der Waals surface area contributed by atoms with E-state index in [2.05, 4.69) is 15.5 Å². The van der Waals surface area contributed by atoms with E-state index in [4.69, 9.17) is 23.8 Å². The Morgan fingerprint density at radius 3 is 1.44 bits per heavy atom. The van der Waals surface area contributed by atoms with E-state index in [0.29, 0.717) is 16.3 Å². The van der Waals surface area contributed by atoms with Gasteiger partial charge in [0.05, 0.1) is 0 Å². The molecule has 0 spiro atoms. The molecule has 0 radical (unpaired) electrons. The topological polar surface area (TPSA) is 189 Å².